The van der Waals surface area contributed by atoms with Crippen molar-refractivity contribution in [3.8, 4) is 12.0 Å². The van der Waals surface area contributed by atoms with Gasteiger partial charge in [-0.15, -0.1) is 0 Å². The molecule has 0 radical (unpaired) electrons. The molecule has 2 atom stereocenters. The maximum Gasteiger partial charge on any atom is 0.410 e. The van der Waals surface area contributed by atoms with Gasteiger partial charge in [0.25, 0.3) is 0 Å². The van der Waals surface area contributed by atoms with E-state index >= 15 is 0 Å². The summed E-state index contributed by atoms with van der Waals surface area (Å²) in [5.74, 6) is 3.00. The molecule has 1 aromatic rings. The second-order valence-corrected chi connectivity index (χ2v) is 8.35. The maximum absolute atomic E-state index is 12.0. The van der Waals surface area contributed by atoms with Gasteiger partial charge in [-0.3, -0.25) is 4.98 Å². The molecule has 0 aliphatic carbocycles. The number of amides is 1. The van der Waals surface area contributed by atoms with Crippen molar-refractivity contribution in [2.24, 2.45) is 0 Å². The Morgan fingerprint density at radius 3 is 2.85 bits per heavy atom. The molecule has 6 nitrogen and oxygen atoms in total. The summed E-state index contributed by atoms with van der Waals surface area (Å²) in [4.78, 5) is 18.1. The number of nitrogens with zero attached hydrogens (tertiary/aromatic N) is 2. The number of likely N-dealkylation sites (tertiary alicyclic amines) is 1. The molecule has 1 aliphatic rings. The fourth-order valence-electron chi connectivity index (χ4n) is 2.58. The van der Waals surface area contributed by atoms with Gasteiger partial charge in [-0.05, 0) is 55.3 Å². The van der Waals surface area contributed by atoms with E-state index in [9.17, 15) is 4.79 Å². The van der Waals surface area contributed by atoms with Crippen molar-refractivity contribution in [2.75, 3.05) is 20.2 Å². The lowest BCUT2D eigenvalue weighted by molar-refractivity contribution is 0.0270. The lowest BCUT2D eigenvalue weighted by Gasteiger charge is -2.24. The lowest BCUT2D eigenvalue weighted by atomic mass is 10.2. The van der Waals surface area contributed by atoms with E-state index in [0.29, 0.717) is 19.5 Å². The van der Waals surface area contributed by atoms with Gasteiger partial charge in [-0.1, -0.05) is 5.92 Å². The van der Waals surface area contributed by atoms with Crippen LogP contribution in [0, 0.1) is 12.0 Å². The lowest BCUT2D eigenvalue weighted by Crippen LogP contribution is -2.35. The summed E-state index contributed by atoms with van der Waals surface area (Å²) in [5.41, 5.74) is 1.36. The number of methoxy groups -OCH3 is 1. The van der Waals surface area contributed by atoms with E-state index in [0.717, 1.165) is 22.2 Å². The third-order valence-electron chi connectivity index (χ3n) is 4.05. The zero-order valence-electron chi connectivity index (χ0n) is 16.5. The Bertz CT molecular complexity index is 721. The Labute approximate surface area is 169 Å². The Morgan fingerprint density at radius 1 is 1.48 bits per heavy atom. The van der Waals surface area contributed by atoms with E-state index in [1.165, 1.54) is 0 Å². The van der Waals surface area contributed by atoms with Crippen molar-refractivity contribution >= 4 is 22.0 Å². The molecule has 1 aliphatic heterocycles. The first-order valence-corrected chi connectivity index (χ1v) is 9.77. The summed E-state index contributed by atoms with van der Waals surface area (Å²) in [6.07, 6.45) is 5.39. The fraction of sp³-hybridized carbons (Fsp3) is 0.600. The molecule has 1 amide bonds. The van der Waals surface area contributed by atoms with Crippen LogP contribution in [0.5, 0.6) is 0 Å². The maximum atomic E-state index is 12.0. The van der Waals surface area contributed by atoms with Crippen LogP contribution in [0.3, 0.4) is 0 Å². The molecule has 1 fully saturated rings. The molecular formula is C20H27BrN2O4. The number of carbonyl (C=O) groups excluding carboxylic acids is 1. The predicted molar refractivity (Wildman–Crippen MR) is 106 cm³/mol. The summed E-state index contributed by atoms with van der Waals surface area (Å²) in [5, 5.41) is 0. The van der Waals surface area contributed by atoms with Crippen molar-refractivity contribution in [3.05, 3.63) is 28.0 Å². The van der Waals surface area contributed by atoms with Gasteiger partial charge in [0.2, 0.25) is 0 Å². The van der Waals surface area contributed by atoms with Gasteiger partial charge in [0.1, 0.15) is 17.8 Å². The minimum absolute atomic E-state index is 0.0712. The molecule has 0 aromatic carbocycles. The zero-order chi connectivity index (χ0) is 20.0. The molecule has 0 bridgehead atoms. The van der Waals surface area contributed by atoms with Crippen LogP contribution in [0.15, 0.2) is 16.7 Å². The normalized spacial score (nSPS) is 17.9. The van der Waals surface area contributed by atoms with Crippen LogP contribution < -0.4 is 0 Å². The first kappa shape index (κ1) is 21.5. The number of pyridine rings is 1. The number of halogens is 1. The van der Waals surface area contributed by atoms with E-state index in [2.05, 4.69) is 32.9 Å². The van der Waals surface area contributed by atoms with Crippen LogP contribution in [0.2, 0.25) is 0 Å². The molecule has 0 unspecified atom stereocenters. The summed E-state index contributed by atoms with van der Waals surface area (Å²) in [6.45, 7) is 8.64. The minimum Gasteiger partial charge on any atom is -0.444 e. The highest BCUT2D eigenvalue weighted by Crippen LogP contribution is 2.24. The quantitative estimate of drug-likeness (QED) is 0.662. The average molecular weight is 439 g/mol. The molecule has 1 saturated heterocycles. The van der Waals surface area contributed by atoms with E-state index in [1.807, 2.05) is 33.8 Å². The van der Waals surface area contributed by atoms with Crippen LogP contribution in [0.4, 0.5) is 4.79 Å². The number of carbonyl (C=O) groups is 1. The first-order chi connectivity index (χ1) is 12.7. The summed E-state index contributed by atoms with van der Waals surface area (Å²) in [7, 11) is 1.66. The standard InChI is InChI=1S/C20H27BrN2O4/c1-14(25-5)18-17(21)11-15(12-22-18)7-6-10-26-16-8-9-23(13-16)19(24)27-20(2,3)4/h11-12,14,16H,7-9,13H2,1-5H3/t14-,16-/m0/s1. The third kappa shape index (κ3) is 6.71. The molecule has 148 valence electrons. The molecule has 1 aromatic heterocycles. The number of hydrogen-bond acceptors (Lipinski definition) is 5. The van der Waals surface area contributed by atoms with Crippen molar-refractivity contribution in [1.29, 1.82) is 0 Å². The van der Waals surface area contributed by atoms with Crippen molar-refractivity contribution in [1.82, 2.24) is 9.88 Å². The van der Waals surface area contributed by atoms with Crippen LogP contribution in [0.25, 0.3) is 0 Å². The van der Waals surface area contributed by atoms with Gasteiger partial charge in [-0.2, -0.15) is 0 Å². The summed E-state index contributed by atoms with van der Waals surface area (Å²) >= 11 is 3.52. The van der Waals surface area contributed by atoms with Crippen LogP contribution in [-0.2, 0) is 20.6 Å². The molecule has 0 saturated carbocycles. The fourth-order valence-corrected chi connectivity index (χ4v) is 3.29. The highest BCUT2D eigenvalue weighted by atomic mass is 79.9. The molecule has 0 spiro atoms. The molecular weight excluding hydrogens is 412 g/mol. The smallest absolute Gasteiger partial charge is 0.410 e. The molecule has 7 heteroatoms. The third-order valence-corrected chi connectivity index (χ3v) is 4.69. The van der Waals surface area contributed by atoms with Crippen molar-refractivity contribution < 1.29 is 19.0 Å². The van der Waals surface area contributed by atoms with E-state index < -0.39 is 5.60 Å². The van der Waals surface area contributed by atoms with Crippen LogP contribution in [-0.4, -0.2) is 47.9 Å². The van der Waals surface area contributed by atoms with Crippen LogP contribution >= 0.6 is 15.9 Å². The van der Waals surface area contributed by atoms with E-state index in [1.54, 1.807) is 18.2 Å². The number of rotatable bonds is 4. The zero-order valence-corrected chi connectivity index (χ0v) is 18.1. The Morgan fingerprint density at radius 2 is 2.22 bits per heavy atom. The largest absolute Gasteiger partial charge is 0.444 e. The molecule has 2 rings (SSSR count). The summed E-state index contributed by atoms with van der Waals surface area (Å²) < 4.78 is 17.1. The molecule has 2 heterocycles. The Balaban J connectivity index is 1.81. The SMILES string of the molecule is CO[C@@H](C)c1ncc(CC#CO[C@H]2CCN(C(=O)OC(C)(C)C)C2)cc1Br. The Kier molecular flexibility index (Phi) is 7.51. The van der Waals surface area contributed by atoms with E-state index in [4.69, 9.17) is 14.2 Å². The topological polar surface area (TPSA) is 60.9 Å². The highest BCUT2D eigenvalue weighted by Gasteiger charge is 2.30. The summed E-state index contributed by atoms with van der Waals surface area (Å²) in [6, 6.07) is 1.99. The van der Waals surface area contributed by atoms with Gasteiger partial charge < -0.3 is 19.1 Å². The second-order valence-electron chi connectivity index (χ2n) is 7.50. The van der Waals surface area contributed by atoms with Gasteiger partial charge >= 0.3 is 6.09 Å². The molecule has 27 heavy (non-hydrogen) atoms. The van der Waals surface area contributed by atoms with Crippen LogP contribution in [0.1, 0.15) is 51.5 Å². The monoisotopic (exact) mass is 438 g/mol. The number of hydrogen-bond donors (Lipinski definition) is 0. The van der Waals surface area contributed by atoms with Gasteiger partial charge in [0.15, 0.2) is 0 Å². The van der Waals surface area contributed by atoms with E-state index in [-0.39, 0.29) is 18.3 Å². The minimum atomic E-state index is -0.491. The predicted octanol–water partition coefficient (Wildman–Crippen LogP) is 4.08. The second kappa shape index (κ2) is 9.43. The Hall–Kier alpha value is -1.78. The number of aromatic nitrogens is 1. The van der Waals surface area contributed by atoms with Crippen molar-refractivity contribution in [2.45, 2.75) is 58.3 Å². The van der Waals surface area contributed by atoms with Gasteiger partial charge in [-0.25, -0.2) is 4.79 Å². The number of ether oxygens (including phenoxy) is 3. The highest BCUT2D eigenvalue weighted by molar-refractivity contribution is 9.10. The van der Waals surface area contributed by atoms with Gasteiger partial charge in [0.05, 0.1) is 18.3 Å². The van der Waals surface area contributed by atoms with Gasteiger partial charge in [0, 0.05) is 37.2 Å². The van der Waals surface area contributed by atoms with Crippen molar-refractivity contribution in [3.63, 3.8) is 0 Å². The molecule has 0 N–H and O–H groups in total. The average Bonchev–Trinajstić information content (AvgIpc) is 3.06. The first-order valence-electron chi connectivity index (χ1n) is 8.98.